The van der Waals surface area contributed by atoms with E-state index in [2.05, 4.69) is 41.8 Å². The van der Waals surface area contributed by atoms with Crippen LogP contribution in [0.3, 0.4) is 0 Å². The highest BCUT2D eigenvalue weighted by atomic mass is 79.9. The lowest BCUT2D eigenvalue weighted by molar-refractivity contribution is 0.103. The Labute approximate surface area is 107 Å². The Kier molecular flexibility index (Phi) is 3.28. The lowest BCUT2D eigenvalue weighted by atomic mass is 10.1. The quantitative estimate of drug-likeness (QED) is 0.783. The number of carbonyl (C=O) groups is 1. The highest BCUT2D eigenvalue weighted by Crippen LogP contribution is 2.32. The van der Waals surface area contributed by atoms with Crippen LogP contribution in [0.15, 0.2) is 32.4 Å². The maximum Gasteiger partial charge on any atom is 0.198 e. The van der Waals surface area contributed by atoms with Gasteiger partial charge in [-0.3, -0.25) is 4.79 Å². The summed E-state index contributed by atoms with van der Waals surface area (Å²) in [5.74, 6) is -0.0792. The predicted octanol–water partition coefficient (Wildman–Crippen LogP) is 3.29. The lowest BCUT2D eigenvalue weighted by Gasteiger charge is -1.96. The molecule has 0 atom stereocenters. The molecule has 0 N–H and O–H groups in total. The molecule has 0 saturated heterocycles. The van der Waals surface area contributed by atoms with Gasteiger partial charge in [0.05, 0.1) is 13.1 Å². The summed E-state index contributed by atoms with van der Waals surface area (Å²) in [6.07, 6.45) is 4.41. The number of carbonyl (C=O) groups excluding carboxylic acids is 1. The molecule has 0 bridgehead atoms. The zero-order valence-electron chi connectivity index (χ0n) is 7.28. The SMILES string of the molecule is O=C(c1cncnc1)c1cc(Br)sc1Br. The molecule has 0 aliphatic rings. The number of aromatic nitrogens is 2. The second-order valence-electron chi connectivity index (χ2n) is 2.69. The van der Waals surface area contributed by atoms with Crippen LogP contribution < -0.4 is 0 Å². The van der Waals surface area contributed by atoms with Crippen molar-refractivity contribution in [1.82, 2.24) is 9.97 Å². The average molecular weight is 348 g/mol. The molecule has 2 heterocycles. The van der Waals surface area contributed by atoms with Crippen molar-refractivity contribution in [3.8, 4) is 0 Å². The summed E-state index contributed by atoms with van der Waals surface area (Å²) in [5, 5.41) is 0. The highest BCUT2D eigenvalue weighted by molar-refractivity contribution is 9.12. The molecular formula is C9H4Br2N2OS. The van der Waals surface area contributed by atoms with Crippen LogP contribution in [-0.2, 0) is 0 Å². The van der Waals surface area contributed by atoms with Crippen molar-refractivity contribution in [2.45, 2.75) is 0 Å². The summed E-state index contributed by atoms with van der Waals surface area (Å²) in [7, 11) is 0. The van der Waals surface area contributed by atoms with Gasteiger partial charge >= 0.3 is 0 Å². The molecule has 0 aliphatic heterocycles. The summed E-state index contributed by atoms with van der Waals surface area (Å²) in [6.45, 7) is 0. The topological polar surface area (TPSA) is 42.9 Å². The van der Waals surface area contributed by atoms with Gasteiger partial charge in [-0.25, -0.2) is 9.97 Å². The molecule has 0 saturated carbocycles. The molecule has 0 spiro atoms. The number of nitrogens with zero attached hydrogens (tertiary/aromatic N) is 2. The summed E-state index contributed by atoms with van der Waals surface area (Å²) in [4.78, 5) is 19.6. The first-order valence-electron chi connectivity index (χ1n) is 3.93. The molecular weight excluding hydrogens is 344 g/mol. The van der Waals surface area contributed by atoms with Crippen LogP contribution in [0.2, 0.25) is 0 Å². The second-order valence-corrected chi connectivity index (χ2v) is 6.44. The molecule has 6 heteroatoms. The van der Waals surface area contributed by atoms with E-state index >= 15 is 0 Å². The first kappa shape index (κ1) is 10.9. The highest BCUT2D eigenvalue weighted by Gasteiger charge is 2.15. The zero-order valence-corrected chi connectivity index (χ0v) is 11.3. The van der Waals surface area contributed by atoms with E-state index in [1.807, 2.05) is 0 Å². The van der Waals surface area contributed by atoms with Gasteiger partial charge in [0.25, 0.3) is 0 Å². The van der Waals surface area contributed by atoms with E-state index in [4.69, 9.17) is 0 Å². The molecule has 0 fully saturated rings. The molecule has 76 valence electrons. The van der Waals surface area contributed by atoms with Crippen LogP contribution >= 0.6 is 43.2 Å². The van der Waals surface area contributed by atoms with E-state index in [0.717, 1.165) is 7.57 Å². The van der Waals surface area contributed by atoms with Gasteiger partial charge < -0.3 is 0 Å². The van der Waals surface area contributed by atoms with Gasteiger partial charge in [-0.05, 0) is 37.9 Å². The van der Waals surface area contributed by atoms with Crippen molar-refractivity contribution in [1.29, 1.82) is 0 Å². The zero-order chi connectivity index (χ0) is 10.8. The Bertz CT molecular complexity index is 498. The van der Waals surface area contributed by atoms with Crippen LogP contribution in [0.25, 0.3) is 0 Å². The molecule has 2 aromatic heterocycles. The fraction of sp³-hybridized carbons (Fsp3) is 0. The summed E-state index contributed by atoms with van der Waals surface area (Å²) in [6, 6.07) is 1.78. The molecule has 3 nitrogen and oxygen atoms in total. The molecule has 15 heavy (non-hydrogen) atoms. The molecule has 2 rings (SSSR count). The Hall–Kier alpha value is -0.590. The van der Waals surface area contributed by atoms with Crippen molar-refractivity contribution in [2.75, 3.05) is 0 Å². The van der Waals surface area contributed by atoms with Crippen LogP contribution in [-0.4, -0.2) is 15.8 Å². The minimum Gasteiger partial charge on any atom is -0.288 e. The van der Waals surface area contributed by atoms with Crippen molar-refractivity contribution in [3.05, 3.63) is 43.5 Å². The minimum atomic E-state index is -0.0792. The second kappa shape index (κ2) is 4.51. The molecule has 0 amide bonds. The van der Waals surface area contributed by atoms with Crippen molar-refractivity contribution >= 4 is 49.0 Å². The third-order valence-corrected chi connectivity index (χ3v) is 4.06. The van der Waals surface area contributed by atoms with Gasteiger partial charge in [0.1, 0.15) is 6.33 Å². The number of rotatable bonds is 2. The van der Waals surface area contributed by atoms with E-state index in [0.29, 0.717) is 11.1 Å². The van der Waals surface area contributed by atoms with Crippen LogP contribution in [0.5, 0.6) is 0 Å². The van der Waals surface area contributed by atoms with Gasteiger partial charge in [-0.1, -0.05) is 0 Å². The monoisotopic (exact) mass is 346 g/mol. The van der Waals surface area contributed by atoms with E-state index in [9.17, 15) is 4.79 Å². The number of ketones is 1. The van der Waals surface area contributed by atoms with Crippen molar-refractivity contribution in [2.24, 2.45) is 0 Å². The molecule has 0 radical (unpaired) electrons. The smallest absolute Gasteiger partial charge is 0.198 e. The minimum absolute atomic E-state index is 0.0792. The normalized spacial score (nSPS) is 10.3. The van der Waals surface area contributed by atoms with Crippen LogP contribution in [0.1, 0.15) is 15.9 Å². The number of thiophene rings is 1. The van der Waals surface area contributed by atoms with E-state index < -0.39 is 0 Å². The Morgan fingerprint density at radius 3 is 2.47 bits per heavy atom. The van der Waals surface area contributed by atoms with Gasteiger partial charge in [-0.15, -0.1) is 11.3 Å². The Balaban J connectivity index is 2.41. The third-order valence-electron chi connectivity index (χ3n) is 1.72. The first-order valence-corrected chi connectivity index (χ1v) is 6.33. The number of hydrogen-bond donors (Lipinski definition) is 0. The molecule has 0 aliphatic carbocycles. The van der Waals surface area contributed by atoms with Gasteiger partial charge in [0.15, 0.2) is 5.78 Å². The average Bonchev–Trinajstić information content (AvgIpc) is 2.58. The lowest BCUT2D eigenvalue weighted by Crippen LogP contribution is -2.01. The summed E-state index contributed by atoms with van der Waals surface area (Å²) >= 11 is 8.13. The van der Waals surface area contributed by atoms with E-state index in [1.165, 1.54) is 30.1 Å². The third kappa shape index (κ3) is 2.32. The maximum absolute atomic E-state index is 12.0. The molecule has 2 aromatic rings. The molecule has 0 aromatic carbocycles. The van der Waals surface area contributed by atoms with Crippen LogP contribution in [0, 0.1) is 0 Å². The van der Waals surface area contributed by atoms with Gasteiger partial charge in [0.2, 0.25) is 0 Å². The summed E-state index contributed by atoms with van der Waals surface area (Å²) in [5.41, 5.74) is 1.12. The number of hydrogen-bond acceptors (Lipinski definition) is 4. The first-order chi connectivity index (χ1) is 7.18. The number of halogens is 2. The standard InChI is InChI=1S/C9H4Br2N2OS/c10-7-1-6(9(11)15-7)8(14)5-2-12-4-13-3-5/h1-4H. The van der Waals surface area contributed by atoms with Crippen molar-refractivity contribution < 1.29 is 4.79 Å². The van der Waals surface area contributed by atoms with E-state index in [1.54, 1.807) is 6.07 Å². The van der Waals surface area contributed by atoms with E-state index in [-0.39, 0.29) is 5.78 Å². The Morgan fingerprint density at radius 2 is 1.93 bits per heavy atom. The summed E-state index contributed by atoms with van der Waals surface area (Å²) < 4.78 is 1.72. The Morgan fingerprint density at radius 1 is 1.27 bits per heavy atom. The largest absolute Gasteiger partial charge is 0.288 e. The van der Waals surface area contributed by atoms with Gasteiger partial charge in [0, 0.05) is 18.0 Å². The fourth-order valence-corrected chi connectivity index (χ4v) is 3.86. The van der Waals surface area contributed by atoms with Crippen LogP contribution in [0.4, 0.5) is 0 Å². The van der Waals surface area contributed by atoms with Gasteiger partial charge in [-0.2, -0.15) is 0 Å². The fourth-order valence-electron chi connectivity index (χ4n) is 1.07. The molecule has 0 unspecified atom stereocenters. The predicted molar refractivity (Wildman–Crippen MR) is 65.2 cm³/mol. The van der Waals surface area contributed by atoms with Crippen molar-refractivity contribution in [3.63, 3.8) is 0 Å². The maximum atomic E-state index is 12.0.